The Bertz CT molecular complexity index is 833. The number of ketones is 1. The summed E-state index contributed by atoms with van der Waals surface area (Å²) in [5.74, 6) is -1.40. The molecule has 0 radical (unpaired) electrons. The first-order valence-electron chi connectivity index (χ1n) is 14.4. The van der Waals surface area contributed by atoms with Gasteiger partial charge in [0, 0.05) is 32.2 Å². The number of ether oxygens (including phenoxy) is 4. The molecule has 246 valence electrons. The predicted molar refractivity (Wildman–Crippen MR) is 144 cm³/mol. The molecule has 2 heterocycles. The lowest BCUT2D eigenvalue weighted by atomic mass is 9.76. The van der Waals surface area contributed by atoms with Crippen molar-refractivity contribution in [3.63, 3.8) is 0 Å². The van der Waals surface area contributed by atoms with Crippen LogP contribution in [-0.4, -0.2) is 160 Å². The van der Waals surface area contributed by atoms with Crippen LogP contribution in [0.15, 0.2) is 0 Å². The molecule has 1 saturated carbocycles. The maximum atomic E-state index is 12.6. The van der Waals surface area contributed by atoms with Crippen molar-refractivity contribution in [2.45, 2.75) is 111 Å². The lowest BCUT2D eigenvalue weighted by molar-refractivity contribution is -0.320. The summed E-state index contributed by atoms with van der Waals surface area (Å²) in [6, 6.07) is -2.89. The van der Waals surface area contributed by atoms with E-state index in [0.717, 1.165) is 0 Å². The highest BCUT2D eigenvalue weighted by molar-refractivity contribution is 5.83. The third-order valence-corrected chi connectivity index (χ3v) is 8.17. The minimum Gasteiger partial charge on any atom is -0.396 e. The summed E-state index contributed by atoms with van der Waals surface area (Å²) in [6.07, 6.45) is -13.3. The van der Waals surface area contributed by atoms with E-state index >= 15 is 0 Å². The van der Waals surface area contributed by atoms with Gasteiger partial charge < -0.3 is 82.9 Å². The van der Waals surface area contributed by atoms with Crippen LogP contribution >= 0.6 is 0 Å². The molecule has 2 aliphatic heterocycles. The van der Waals surface area contributed by atoms with Crippen molar-refractivity contribution in [3.05, 3.63) is 0 Å². The first kappa shape index (κ1) is 35.5. The van der Waals surface area contributed by atoms with Crippen LogP contribution < -0.4 is 28.3 Å². The number of hydrogen-bond acceptors (Lipinski definition) is 17. The monoisotopic (exact) mass is 611 g/mol. The zero-order valence-corrected chi connectivity index (χ0v) is 23.5. The number of Topliss-reactive ketones (excluding diaryl/α,β-unsaturated/α-hetero) is 1. The molecular weight excluding hydrogens is 562 g/mol. The van der Waals surface area contributed by atoms with Gasteiger partial charge in [0.2, 0.25) is 0 Å². The van der Waals surface area contributed by atoms with Crippen molar-refractivity contribution >= 4 is 5.78 Å². The van der Waals surface area contributed by atoms with Gasteiger partial charge in [-0.1, -0.05) is 0 Å². The van der Waals surface area contributed by atoms with Gasteiger partial charge in [0.1, 0.15) is 36.6 Å². The smallest absolute Gasteiger partial charge is 0.186 e. The van der Waals surface area contributed by atoms with E-state index in [-0.39, 0.29) is 39.0 Å². The predicted octanol–water partition coefficient (Wildman–Crippen LogP) is -6.71. The normalized spacial score (nSPS) is 43.7. The van der Waals surface area contributed by atoms with E-state index in [0.29, 0.717) is 13.0 Å². The van der Waals surface area contributed by atoms with Crippen molar-refractivity contribution in [2.24, 2.45) is 28.9 Å². The van der Waals surface area contributed by atoms with Gasteiger partial charge in [-0.15, -0.1) is 0 Å². The zero-order valence-electron chi connectivity index (χ0n) is 23.5. The van der Waals surface area contributed by atoms with Gasteiger partial charge in [0.05, 0.1) is 37.0 Å². The first-order valence-corrected chi connectivity index (χ1v) is 14.4. The molecule has 15 atom stereocenters. The maximum absolute atomic E-state index is 12.6. The van der Waals surface area contributed by atoms with Crippen LogP contribution in [0, 0.1) is 5.92 Å². The molecule has 0 unspecified atom stereocenters. The first-order chi connectivity index (χ1) is 19.9. The second-order valence-corrected chi connectivity index (χ2v) is 11.3. The summed E-state index contributed by atoms with van der Waals surface area (Å²) >= 11 is 0. The van der Waals surface area contributed by atoms with Gasteiger partial charge in [-0.3, -0.25) is 4.79 Å². The van der Waals surface area contributed by atoms with Crippen LogP contribution in [0.4, 0.5) is 0 Å². The lowest BCUT2D eigenvalue weighted by Gasteiger charge is -2.48. The Labute approximate surface area is 244 Å². The summed E-state index contributed by atoms with van der Waals surface area (Å²) in [4.78, 5) is 12.6. The molecule has 17 nitrogen and oxygen atoms in total. The Morgan fingerprint density at radius 3 is 2.21 bits per heavy atom. The van der Waals surface area contributed by atoms with Crippen molar-refractivity contribution in [2.75, 3.05) is 32.8 Å². The van der Waals surface area contributed by atoms with E-state index in [4.69, 9.17) is 47.0 Å². The summed E-state index contributed by atoms with van der Waals surface area (Å²) in [6.45, 7) is -0.189. The standard InChI is InChI=1S/C25H49N5O12/c26-7-15(35)13(33)5-10-4-11(27)23(42-24-12(28)6-14(34)16(39-24)8-30-2-1-3-31)21(38)22(10)41-25-20(37)18(29)19(36)17(9-32)40-25/h10-12,14-25,30-32,34-38H,1-9,26-29H2/t10-,11-,12+,14-,15-,16+,17+,18-,19+,20+,21+,22-,23+,24+,25+/m0/s1. The van der Waals surface area contributed by atoms with Gasteiger partial charge in [0.15, 0.2) is 18.4 Å². The van der Waals surface area contributed by atoms with E-state index in [9.17, 15) is 35.4 Å². The molecule has 0 aromatic heterocycles. The van der Waals surface area contributed by atoms with E-state index in [1.54, 1.807) is 0 Å². The quantitative estimate of drug-likeness (QED) is 0.0812. The van der Waals surface area contributed by atoms with Gasteiger partial charge in [0.25, 0.3) is 0 Å². The molecule has 17 heteroatoms. The molecule has 0 bridgehead atoms. The number of carbonyl (C=O) groups excluding carboxylic acids is 1. The minimum absolute atomic E-state index is 0.00621. The molecule has 0 spiro atoms. The highest BCUT2D eigenvalue weighted by Gasteiger charge is 2.51. The maximum Gasteiger partial charge on any atom is 0.186 e. The fourth-order valence-electron chi connectivity index (χ4n) is 5.64. The Morgan fingerprint density at radius 2 is 1.57 bits per heavy atom. The Hall–Kier alpha value is -0.970. The summed E-state index contributed by atoms with van der Waals surface area (Å²) in [5.41, 5.74) is 23.9. The van der Waals surface area contributed by atoms with Crippen molar-refractivity contribution < 1.29 is 59.5 Å². The fourth-order valence-corrected chi connectivity index (χ4v) is 5.64. The van der Waals surface area contributed by atoms with Crippen molar-refractivity contribution in [1.82, 2.24) is 5.32 Å². The molecule has 3 fully saturated rings. The number of aliphatic hydroxyl groups is 7. The Kier molecular flexibility index (Phi) is 13.8. The number of nitrogens with two attached hydrogens (primary N) is 4. The fraction of sp³-hybridized carbons (Fsp3) is 0.960. The van der Waals surface area contributed by atoms with E-state index in [2.05, 4.69) is 5.32 Å². The number of hydrogen-bond donors (Lipinski definition) is 12. The summed E-state index contributed by atoms with van der Waals surface area (Å²) in [5, 5.41) is 74.4. The van der Waals surface area contributed by atoms with Crippen molar-refractivity contribution in [1.29, 1.82) is 0 Å². The molecule has 42 heavy (non-hydrogen) atoms. The Morgan fingerprint density at radius 1 is 0.905 bits per heavy atom. The highest BCUT2D eigenvalue weighted by Crippen LogP contribution is 2.36. The number of nitrogens with one attached hydrogen (secondary N) is 1. The van der Waals surface area contributed by atoms with E-state index in [1.807, 2.05) is 0 Å². The highest BCUT2D eigenvalue weighted by atomic mass is 16.7. The molecule has 16 N–H and O–H groups in total. The number of rotatable bonds is 14. The van der Waals surface area contributed by atoms with Gasteiger partial charge in [-0.2, -0.15) is 0 Å². The van der Waals surface area contributed by atoms with Crippen LogP contribution in [0.2, 0.25) is 0 Å². The summed E-state index contributed by atoms with van der Waals surface area (Å²) < 4.78 is 23.5. The van der Waals surface area contributed by atoms with Crippen LogP contribution in [0.5, 0.6) is 0 Å². The molecule has 0 amide bonds. The lowest BCUT2D eigenvalue weighted by Crippen LogP contribution is -2.66. The van der Waals surface area contributed by atoms with Crippen LogP contribution in [0.3, 0.4) is 0 Å². The van der Waals surface area contributed by atoms with E-state index < -0.39 is 104 Å². The molecule has 3 rings (SSSR count). The van der Waals surface area contributed by atoms with Gasteiger partial charge in [-0.05, 0) is 31.7 Å². The average molecular weight is 612 g/mol. The Balaban J connectivity index is 1.78. The molecule has 2 saturated heterocycles. The third-order valence-electron chi connectivity index (χ3n) is 8.17. The second-order valence-electron chi connectivity index (χ2n) is 11.3. The zero-order chi connectivity index (χ0) is 31.1. The van der Waals surface area contributed by atoms with Crippen LogP contribution in [0.1, 0.15) is 25.7 Å². The number of carbonyl (C=O) groups is 1. The largest absolute Gasteiger partial charge is 0.396 e. The summed E-state index contributed by atoms with van der Waals surface area (Å²) in [7, 11) is 0. The SMILES string of the molecule is NC[C@H](O)C(=O)C[C@@H]1C[C@H](N)[C@@H](O[C@H]2O[C@H](CNCCCO)[C@@H](O)C[C@H]2N)[C@H](O)[C@H]1O[C@H]1O[C@H](CO)[C@@H](O)[C@H](N)[C@H]1O. The van der Waals surface area contributed by atoms with E-state index in [1.165, 1.54) is 0 Å². The van der Waals surface area contributed by atoms with Crippen LogP contribution in [-0.2, 0) is 23.7 Å². The number of aliphatic hydroxyl groups excluding tert-OH is 7. The third kappa shape index (κ3) is 8.60. The second kappa shape index (κ2) is 16.4. The van der Waals surface area contributed by atoms with Crippen LogP contribution in [0.25, 0.3) is 0 Å². The van der Waals surface area contributed by atoms with Gasteiger partial charge >= 0.3 is 0 Å². The molecule has 0 aromatic rings. The van der Waals surface area contributed by atoms with Crippen molar-refractivity contribution in [3.8, 4) is 0 Å². The van der Waals surface area contributed by atoms with Gasteiger partial charge in [-0.25, -0.2) is 0 Å². The molecule has 0 aromatic carbocycles. The molecule has 1 aliphatic carbocycles. The topological polar surface area (TPSA) is 312 Å². The molecular formula is C25H49N5O12. The average Bonchev–Trinajstić information content (AvgIpc) is 2.96. The minimum atomic E-state index is -1.56. The molecule has 3 aliphatic rings.